The number of rotatable bonds is 7. The molecule has 0 radical (unpaired) electrons. The van der Waals surface area contributed by atoms with Crippen LogP contribution in [0.5, 0.6) is 0 Å². The number of nitrogens with zero attached hydrogens (tertiary/aromatic N) is 1. The molecule has 0 aliphatic heterocycles. The van der Waals surface area contributed by atoms with E-state index in [1.807, 2.05) is 30.3 Å². The van der Waals surface area contributed by atoms with Gasteiger partial charge < -0.3 is 15.3 Å². The van der Waals surface area contributed by atoms with Gasteiger partial charge in [0, 0.05) is 19.6 Å². The molecule has 0 aliphatic rings. The van der Waals surface area contributed by atoms with Crippen molar-refractivity contribution in [2.45, 2.75) is 20.3 Å². The number of benzene rings is 1. The van der Waals surface area contributed by atoms with E-state index in [9.17, 15) is 4.79 Å². The Labute approximate surface area is 115 Å². The van der Waals surface area contributed by atoms with Gasteiger partial charge in [-0.15, -0.1) is 0 Å². The molecule has 0 spiro atoms. The van der Waals surface area contributed by atoms with E-state index in [4.69, 9.17) is 5.11 Å². The number of carbonyl (C=O) groups is 1. The second-order valence-corrected chi connectivity index (χ2v) is 5.03. The first-order valence-electron chi connectivity index (χ1n) is 6.81. The molecule has 0 heterocycles. The summed E-state index contributed by atoms with van der Waals surface area (Å²) in [7, 11) is 0. The second-order valence-electron chi connectivity index (χ2n) is 5.03. The predicted octanol–water partition coefficient (Wildman–Crippen LogP) is 1.89. The van der Waals surface area contributed by atoms with Crippen LogP contribution in [0.3, 0.4) is 0 Å². The molecule has 19 heavy (non-hydrogen) atoms. The van der Waals surface area contributed by atoms with E-state index in [1.54, 1.807) is 4.90 Å². The minimum absolute atomic E-state index is 0.0100. The number of amides is 2. The molecule has 2 amide bonds. The maximum Gasteiger partial charge on any atom is 0.317 e. The van der Waals surface area contributed by atoms with Crippen LogP contribution in [-0.2, 0) is 6.42 Å². The molecule has 106 valence electrons. The molecule has 0 aliphatic carbocycles. The fourth-order valence-electron chi connectivity index (χ4n) is 1.75. The summed E-state index contributed by atoms with van der Waals surface area (Å²) in [5.74, 6) is 0.425. The average molecular weight is 264 g/mol. The number of carbonyl (C=O) groups excluding carboxylic acids is 1. The third kappa shape index (κ3) is 6.25. The number of urea groups is 1. The predicted molar refractivity (Wildman–Crippen MR) is 77.0 cm³/mol. The van der Waals surface area contributed by atoms with Gasteiger partial charge in [-0.05, 0) is 17.9 Å². The van der Waals surface area contributed by atoms with E-state index >= 15 is 0 Å². The van der Waals surface area contributed by atoms with Gasteiger partial charge in [-0.25, -0.2) is 4.79 Å². The molecule has 0 saturated carbocycles. The Balaban J connectivity index is 2.45. The van der Waals surface area contributed by atoms with Crippen LogP contribution in [-0.4, -0.2) is 42.3 Å². The SMILES string of the molecule is CC(C)CNC(=O)N(CCO)CCc1ccccc1. The molecule has 0 bridgehead atoms. The number of nitrogens with one attached hydrogen (secondary N) is 1. The van der Waals surface area contributed by atoms with Crippen LogP contribution in [0.4, 0.5) is 4.79 Å². The lowest BCUT2D eigenvalue weighted by atomic mass is 10.1. The summed E-state index contributed by atoms with van der Waals surface area (Å²) in [5, 5.41) is 11.9. The molecule has 1 aromatic carbocycles. The summed E-state index contributed by atoms with van der Waals surface area (Å²) in [4.78, 5) is 13.6. The Morgan fingerprint density at radius 1 is 1.26 bits per heavy atom. The number of aliphatic hydroxyl groups excluding tert-OH is 1. The first-order valence-corrected chi connectivity index (χ1v) is 6.81. The monoisotopic (exact) mass is 264 g/mol. The van der Waals surface area contributed by atoms with Gasteiger partial charge in [0.15, 0.2) is 0 Å². The van der Waals surface area contributed by atoms with Gasteiger partial charge in [0.25, 0.3) is 0 Å². The molecule has 1 aromatic rings. The molecule has 0 fully saturated rings. The van der Waals surface area contributed by atoms with Crippen LogP contribution >= 0.6 is 0 Å². The molecule has 0 aromatic heterocycles. The number of hydrogen-bond donors (Lipinski definition) is 2. The number of aliphatic hydroxyl groups is 1. The van der Waals surface area contributed by atoms with Crippen molar-refractivity contribution in [1.29, 1.82) is 0 Å². The Morgan fingerprint density at radius 2 is 1.95 bits per heavy atom. The van der Waals surface area contributed by atoms with Crippen LogP contribution in [0, 0.1) is 5.92 Å². The average Bonchev–Trinajstić information content (AvgIpc) is 2.42. The zero-order valence-corrected chi connectivity index (χ0v) is 11.8. The van der Waals surface area contributed by atoms with Crippen LogP contribution in [0.25, 0.3) is 0 Å². The van der Waals surface area contributed by atoms with Gasteiger partial charge in [-0.1, -0.05) is 44.2 Å². The van der Waals surface area contributed by atoms with E-state index < -0.39 is 0 Å². The maximum absolute atomic E-state index is 12.0. The molecule has 0 unspecified atom stereocenters. The highest BCUT2D eigenvalue weighted by Crippen LogP contribution is 2.02. The zero-order valence-electron chi connectivity index (χ0n) is 11.8. The van der Waals surface area contributed by atoms with Crippen LogP contribution in [0.1, 0.15) is 19.4 Å². The molecule has 0 atom stereocenters. The first kappa shape index (κ1) is 15.5. The van der Waals surface area contributed by atoms with Gasteiger partial charge in [0.05, 0.1) is 6.61 Å². The molecular weight excluding hydrogens is 240 g/mol. The van der Waals surface area contributed by atoms with Crippen molar-refractivity contribution in [3.05, 3.63) is 35.9 Å². The molecule has 4 heteroatoms. The molecule has 2 N–H and O–H groups in total. The number of hydrogen-bond acceptors (Lipinski definition) is 2. The highest BCUT2D eigenvalue weighted by atomic mass is 16.3. The lowest BCUT2D eigenvalue weighted by Gasteiger charge is -2.22. The van der Waals surface area contributed by atoms with Crippen LogP contribution < -0.4 is 5.32 Å². The summed E-state index contributed by atoms with van der Waals surface area (Å²) in [5.41, 5.74) is 1.20. The van der Waals surface area contributed by atoms with Crippen molar-refractivity contribution >= 4 is 6.03 Å². The van der Waals surface area contributed by atoms with Crippen molar-refractivity contribution in [2.75, 3.05) is 26.2 Å². The second kappa shape index (κ2) is 8.53. The van der Waals surface area contributed by atoms with Crippen molar-refractivity contribution in [1.82, 2.24) is 10.2 Å². The maximum atomic E-state index is 12.0. The standard InChI is InChI=1S/C15H24N2O2/c1-13(2)12-16-15(19)17(10-11-18)9-8-14-6-4-3-5-7-14/h3-7,13,18H,8-12H2,1-2H3,(H,16,19). The Morgan fingerprint density at radius 3 is 2.53 bits per heavy atom. The topological polar surface area (TPSA) is 52.6 Å². The van der Waals surface area contributed by atoms with E-state index in [2.05, 4.69) is 19.2 Å². The Hall–Kier alpha value is -1.55. The van der Waals surface area contributed by atoms with Crippen molar-refractivity contribution in [3.8, 4) is 0 Å². The summed E-state index contributed by atoms with van der Waals surface area (Å²) in [6.45, 7) is 5.75. The smallest absolute Gasteiger partial charge is 0.317 e. The molecular formula is C15H24N2O2. The van der Waals surface area contributed by atoms with Crippen LogP contribution in [0.2, 0.25) is 0 Å². The van der Waals surface area contributed by atoms with E-state index in [0.29, 0.717) is 25.6 Å². The third-order valence-electron chi connectivity index (χ3n) is 2.83. The Kier molecular flexibility index (Phi) is 6.97. The van der Waals surface area contributed by atoms with E-state index in [0.717, 1.165) is 6.42 Å². The highest BCUT2D eigenvalue weighted by Gasteiger charge is 2.12. The van der Waals surface area contributed by atoms with Gasteiger partial charge >= 0.3 is 6.03 Å². The minimum Gasteiger partial charge on any atom is -0.395 e. The summed E-state index contributed by atoms with van der Waals surface area (Å²) >= 11 is 0. The lowest BCUT2D eigenvalue weighted by Crippen LogP contribution is -2.43. The molecule has 0 saturated heterocycles. The normalized spacial score (nSPS) is 10.5. The largest absolute Gasteiger partial charge is 0.395 e. The fraction of sp³-hybridized carbons (Fsp3) is 0.533. The fourth-order valence-corrected chi connectivity index (χ4v) is 1.75. The zero-order chi connectivity index (χ0) is 14.1. The first-order chi connectivity index (χ1) is 9.13. The van der Waals surface area contributed by atoms with Crippen molar-refractivity contribution in [2.24, 2.45) is 5.92 Å². The van der Waals surface area contributed by atoms with E-state index in [-0.39, 0.29) is 12.6 Å². The third-order valence-corrected chi connectivity index (χ3v) is 2.83. The summed E-state index contributed by atoms with van der Waals surface area (Å²) < 4.78 is 0. The van der Waals surface area contributed by atoms with Crippen molar-refractivity contribution < 1.29 is 9.90 Å². The van der Waals surface area contributed by atoms with Gasteiger partial charge in [0.1, 0.15) is 0 Å². The van der Waals surface area contributed by atoms with Crippen molar-refractivity contribution in [3.63, 3.8) is 0 Å². The van der Waals surface area contributed by atoms with Gasteiger partial charge in [-0.3, -0.25) is 0 Å². The Bertz CT molecular complexity index is 366. The van der Waals surface area contributed by atoms with Crippen LogP contribution in [0.15, 0.2) is 30.3 Å². The summed E-state index contributed by atoms with van der Waals surface area (Å²) in [6.07, 6.45) is 0.802. The summed E-state index contributed by atoms with van der Waals surface area (Å²) in [6, 6.07) is 9.95. The highest BCUT2D eigenvalue weighted by molar-refractivity contribution is 5.74. The quantitative estimate of drug-likeness (QED) is 0.790. The molecule has 1 rings (SSSR count). The van der Waals surface area contributed by atoms with Gasteiger partial charge in [-0.2, -0.15) is 0 Å². The molecule has 4 nitrogen and oxygen atoms in total. The van der Waals surface area contributed by atoms with Gasteiger partial charge in [0.2, 0.25) is 0 Å². The minimum atomic E-state index is -0.0984. The lowest BCUT2D eigenvalue weighted by molar-refractivity contribution is 0.177. The van der Waals surface area contributed by atoms with E-state index in [1.165, 1.54) is 5.56 Å².